The zero-order valence-corrected chi connectivity index (χ0v) is 19.4. The molecule has 0 heterocycles. The fraction of sp³-hybridized carbons (Fsp3) is 0.125. The van der Waals surface area contributed by atoms with Crippen molar-refractivity contribution in [1.29, 1.82) is 0 Å². The van der Waals surface area contributed by atoms with Gasteiger partial charge in [-0.05, 0) is 41.8 Å². The molecule has 3 aromatic carbocycles. The zero-order chi connectivity index (χ0) is 22.2. The smallest absolute Gasteiger partial charge is 0.281 e. The van der Waals surface area contributed by atoms with Crippen LogP contribution < -0.4 is 4.74 Å². The van der Waals surface area contributed by atoms with Crippen molar-refractivity contribution in [2.24, 2.45) is 4.99 Å². The van der Waals surface area contributed by atoms with E-state index in [9.17, 15) is 4.79 Å². The highest BCUT2D eigenvalue weighted by molar-refractivity contribution is 8.38. The monoisotopic (exact) mass is 466 g/mol. The highest BCUT2D eigenvalue weighted by Gasteiger charge is 2.23. The highest BCUT2D eigenvalue weighted by Crippen LogP contribution is 2.40. The molecule has 156 valence electrons. The highest BCUT2D eigenvalue weighted by atomic mass is 35.5. The first-order chi connectivity index (χ1) is 15.1. The van der Waals surface area contributed by atoms with Crippen molar-refractivity contribution in [3.8, 4) is 16.9 Å². The average molecular weight is 467 g/mol. The molecule has 4 nitrogen and oxygen atoms in total. The van der Waals surface area contributed by atoms with Crippen molar-refractivity contribution in [2.45, 2.75) is 6.61 Å². The summed E-state index contributed by atoms with van der Waals surface area (Å²) in [6.45, 7) is 7.93. The molecule has 1 amide bonds. The molecule has 0 saturated carbocycles. The predicted molar refractivity (Wildman–Crippen MR) is 133 cm³/mol. The van der Waals surface area contributed by atoms with Gasteiger partial charge < -0.3 is 4.74 Å². The van der Waals surface area contributed by atoms with Gasteiger partial charge in [0.2, 0.25) is 0 Å². The van der Waals surface area contributed by atoms with Crippen LogP contribution in [0.4, 0.5) is 5.69 Å². The van der Waals surface area contributed by atoms with Gasteiger partial charge in [0.1, 0.15) is 16.7 Å². The second-order valence-corrected chi connectivity index (χ2v) is 8.61. The number of rotatable bonds is 5. The third-order valence-electron chi connectivity index (χ3n) is 4.37. The second kappa shape index (κ2) is 11.1. The van der Waals surface area contributed by atoms with Crippen molar-refractivity contribution in [2.75, 3.05) is 12.5 Å². The van der Waals surface area contributed by atoms with Gasteiger partial charge in [-0.25, -0.2) is 4.85 Å². The molecular weight excluding hydrogens is 448 g/mol. The topological polar surface area (TPSA) is 43.0 Å². The third kappa shape index (κ3) is 5.71. The van der Waals surface area contributed by atoms with Crippen LogP contribution in [0.2, 0.25) is 5.02 Å². The van der Waals surface area contributed by atoms with E-state index in [1.165, 1.54) is 23.5 Å². The molecule has 0 saturated heterocycles. The van der Waals surface area contributed by atoms with Gasteiger partial charge in [0, 0.05) is 10.6 Å². The van der Waals surface area contributed by atoms with Gasteiger partial charge in [0.15, 0.2) is 5.69 Å². The normalized spacial score (nSPS) is 10.3. The summed E-state index contributed by atoms with van der Waals surface area (Å²) in [4.78, 5) is 21.2. The number of aliphatic imine (C=N–C) groups is 1. The Kier molecular flexibility index (Phi) is 8.19. The quantitative estimate of drug-likeness (QED) is 0.224. The number of hydrogen-bond donors (Lipinski definition) is 0. The Bertz CT molecular complexity index is 1150. The Balaban J connectivity index is 2.18. The molecule has 0 radical (unpaired) electrons. The first kappa shape index (κ1) is 23.0. The minimum Gasteiger partial charge on any atom is -0.488 e. The van der Waals surface area contributed by atoms with Crippen LogP contribution in [0.3, 0.4) is 0 Å². The number of amides is 1. The number of carbonyl (C=O) groups excluding carboxylic acids is 1. The van der Waals surface area contributed by atoms with Crippen LogP contribution in [0.25, 0.3) is 16.0 Å². The first-order valence-electron chi connectivity index (χ1n) is 9.25. The van der Waals surface area contributed by atoms with Gasteiger partial charge in [-0.2, -0.15) is 4.99 Å². The summed E-state index contributed by atoms with van der Waals surface area (Å²) in [5.74, 6) is -0.0798. The van der Waals surface area contributed by atoms with Crippen molar-refractivity contribution in [1.82, 2.24) is 0 Å². The first-order valence-corrected chi connectivity index (χ1v) is 12.1. The van der Waals surface area contributed by atoms with E-state index >= 15 is 0 Å². The molecule has 3 aromatic rings. The second-order valence-electron chi connectivity index (χ2n) is 6.32. The number of hydrogen-bond acceptors (Lipinski definition) is 4. The van der Waals surface area contributed by atoms with Crippen molar-refractivity contribution in [3.63, 3.8) is 0 Å². The molecule has 0 atom stereocenters. The van der Waals surface area contributed by atoms with Crippen molar-refractivity contribution >= 4 is 51.1 Å². The molecule has 0 spiro atoms. The number of halogens is 1. The summed E-state index contributed by atoms with van der Waals surface area (Å²) >= 11 is 8.99. The fourth-order valence-corrected chi connectivity index (χ4v) is 4.19. The Morgan fingerprint density at radius 2 is 1.81 bits per heavy atom. The number of ether oxygens (including phenoxy) is 1. The molecular formula is C24H19ClN2O2S2. The van der Waals surface area contributed by atoms with E-state index in [0.29, 0.717) is 32.0 Å². The summed E-state index contributed by atoms with van der Waals surface area (Å²) in [7, 11) is 0. The largest absolute Gasteiger partial charge is 0.488 e. The molecule has 0 aromatic heterocycles. The lowest BCUT2D eigenvalue weighted by Crippen LogP contribution is -2.06. The molecule has 0 bridgehead atoms. The molecule has 0 aliphatic rings. The van der Waals surface area contributed by atoms with E-state index in [-0.39, 0.29) is 12.2 Å². The van der Waals surface area contributed by atoms with Gasteiger partial charge in [0.25, 0.3) is 5.91 Å². The molecule has 0 N–H and O–H groups in total. The van der Waals surface area contributed by atoms with Crippen LogP contribution in [0.1, 0.15) is 15.9 Å². The van der Waals surface area contributed by atoms with Crippen LogP contribution in [-0.4, -0.2) is 22.8 Å². The number of benzene rings is 3. The van der Waals surface area contributed by atoms with E-state index in [0.717, 1.165) is 5.56 Å². The Morgan fingerprint density at radius 1 is 1.06 bits per heavy atom. The van der Waals surface area contributed by atoms with Gasteiger partial charge in [-0.1, -0.05) is 60.1 Å². The average Bonchev–Trinajstić information content (AvgIpc) is 2.81. The number of nitrogens with zero attached hydrogens (tertiary/aromatic N) is 2. The van der Waals surface area contributed by atoms with Gasteiger partial charge >= 0.3 is 0 Å². The Morgan fingerprint density at radius 3 is 2.45 bits per heavy atom. The summed E-state index contributed by atoms with van der Waals surface area (Å²) in [5.41, 5.74) is 2.70. The van der Waals surface area contributed by atoms with E-state index in [2.05, 4.69) is 9.84 Å². The maximum atomic E-state index is 13.3. The SMILES string of the molecule is [C-]#[N+]c1ccc(OCc2ccccc2)c(C(=O)N=C(SC)SC)c1-c1cccc(Cl)c1. The summed E-state index contributed by atoms with van der Waals surface area (Å²) in [6.07, 6.45) is 3.73. The van der Waals surface area contributed by atoms with Crippen LogP contribution >= 0.6 is 35.1 Å². The molecule has 31 heavy (non-hydrogen) atoms. The standard InChI is InChI=1S/C24H19ClN2O2S2/c1-26-19-12-13-20(29-15-16-8-5-4-6-9-16)22(23(28)27-24(30-2)31-3)21(19)17-10-7-11-18(25)14-17/h4-14H,15H2,2-3H3. The predicted octanol–water partition coefficient (Wildman–Crippen LogP) is 7.36. The molecule has 3 rings (SSSR count). The Labute approximate surface area is 195 Å². The summed E-state index contributed by atoms with van der Waals surface area (Å²) < 4.78 is 6.67. The van der Waals surface area contributed by atoms with Crippen molar-refractivity contribution in [3.05, 3.63) is 94.3 Å². The lowest BCUT2D eigenvalue weighted by atomic mass is 9.96. The molecule has 0 unspecified atom stereocenters. The van der Waals surface area contributed by atoms with Crippen LogP contribution in [0, 0.1) is 6.57 Å². The third-order valence-corrected chi connectivity index (χ3v) is 6.49. The molecule has 0 aliphatic heterocycles. The number of thioether (sulfide) groups is 2. The molecule has 0 fully saturated rings. The fourth-order valence-electron chi connectivity index (χ4n) is 2.98. The van der Waals surface area contributed by atoms with E-state index in [1.807, 2.05) is 48.9 Å². The minimum atomic E-state index is -0.456. The maximum Gasteiger partial charge on any atom is 0.281 e. The lowest BCUT2D eigenvalue weighted by molar-refractivity contribution is 0.1000. The summed E-state index contributed by atoms with van der Waals surface area (Å²) in [5, 5.41) is 0.514. The van der Waals surface area contributed by atoms with Gasteiger partial charge in [-0.15, -0.1) is 23.5 Å². The minimum absolute atomic E-state index is 0.257. The Hall–Kier alpha value is -2.72. The van der Waals surface area contributed by atoms with E-state index < -0.39 is 5.91 Å². The van der Waals surface area contributed by atoms with E-state index in [1.54, 1.807) is 30.3 Å². The summed E-state index contributed by atoms with van der Waals surface area (Å²) in [6, 6.07) is 20.1. The van der Waals surface area contributed by atoms with Crippen LogP contribution in [0.15, 0.2) is 71.7 Å². The maximum absolute atomic E-state index is 13.3. The van der Waals surface area contributed by atoms with Gasteiger partial charge in [0.05, 0.1) is 12.1 Å². The zero-order valence-electron chi connectivity index (χ0n) is 17.0. The van der Waals surface area contributed by atoms with Gasteiger partial charge in [-0.3, -0.25) is 4.79 Å². The van der Waals surface area contributed by atoms with Crippen molar-refractivity contribution < 1.29 is 9.53 Å². The van der Waals surface area contributed by atoms with Crippen LogP contribution in [0.5, 0.6) is 5.75 Å². The molecule has 0 aliphatic carbocycles. The lowest BCUT2D eigenvalue weighted by Gasteiger charge is -2.16. The molecule has 7 heteroatoms. The number of carbonyl (C=O) groups is 1. The van der Waals surface area contributed by atoms with Crippen LogP contribution in [-0.2, 0) is 6.61 Å². The van der Waals surface area contributed by atoms with E-state index in [4.69, 9.17) is 22.9 Å².